The second-order valence-corrected chi connectivity index (χ2v) is 6.67. The molecule has 0 spiro atoms. The summed E-state index contributed by atoms with van der Waals surface area (Å²) in [5, 5.41) is 8.52. The normalized spacial score (nSPS) is 11.1. The van der Waals surface area contributed by atoms with E-state index >= 15 is 0 Å². The Morgan fingerprint density at radius 1 is 1.16 bits per heavy atom. The fourth-order valence-corrected chi connectivity index (χ4v) is 2.70. The van der Waals surface area contributed by atoms with Crippen LogP contribution in [0.3, 0.4) is 0 Å². The lowest BCUT2D eigenvalue weighted by Crippen LogP contribution is -2.17. The van der Waals surface area contributed by atoms with Crippen LogP contribution in [0.5, 0.6) is 0 Å². The summed E-state index contributed by atoms with van der Waals surface area (Å²) in [5.74, 6) is 1.39. The van der Waals surface area contributed by atoms with Crippen LogP contribution in [0.25, 0.3) is 5.82 Å². The van der Waals surface area contributed by atoms with Crippen LogP contribution in [-0.2, 0) is 6.54 Å². The van der Waals surface area contributed by atoms with Crippen LogP contribution >= 0.6 is 11.6 Å². The summed E-state index contributed by atoms with van der Waals surface area (Å²) in [5.41, 5.74) is 3.75. The summed E-state index contributed by atoms with van der Waals surface area (Å²) in [7, 11) is 4.01. The molecule has 0 unspecified atom stereocenters. The van der Waals surface area contributed by atoms with Crippen LogP contribution in [0.15, 0.2) is 36.5 Å². The quantitative estimate of drug-likeness (QED) is 0.754. The van der Waals surface area contributed by atoms with Gasteiger partial charge < -0.3 is 10.2 Å². The zero-order chi connectivity index (χ0) is 18.0. The summed E-state index contributed by atoms with van der Waals surface area (Å²) in [6.45, 7) is 4.67. The summed E-state index contributed by atoms with van der Waals surface area (Å²) >= 11 is 5.94. The van der Waals surface area contributed by atoms with Gasteiger partial charge in [-0.1, -0.05) is 11.6 Å². The summed E-state index contributed by atoms with van der Waals surface area (Å²) < 4.78 is 1.84. The molecule has 0 aliphatic carbocycles. The third-order valence-electron chi connectivity index (χ3n) is 3.62. The molecule has 0 atom stereocenters. The van der Waals surface area contributed by atoms with Gasteiger partial charge >= 0.3 is 0 Å². The number of anilines is 2. The van der Waals surface area contributed by atoms with Gasteiger partial charge in [0.1, 0.15) is 0 Å². The lowest BCUT2D eigenvalue weighted by atomic mass is 10.3. The first kappa shape index (κ1) is 17.4. The molecular weight excluding hydrogens is 336 g/mol. The molecule has 0 amide bonds. The Labute approximate surface area is 152 Å². The summed E-state index contributed by atoms with van der Waals surface area (Å²) in [4.78, 5) is 11.4. The Morgan fingerprint density at radius 2 is 1.88 bits per heavy atom. The fourth-order valence-electron chi connectivity index (χ4n) is 2.57. The first-order valence-corrected chi connectivity index (χ1v) is 8.37. The van der Waals surface area contributed by atoms with Crippen molar-refractivity contribution in [2.24, 2.45) is 0 Å². The molecule has 0 bridgehead atoms. The summed E-state index contributed by atoms with van der Waals surface area (Å²) in [6.07, 6.45) is 1.74. The van der Waals surface area contributed by atoms with E-state index < -0.39 is 0 Å². The van der Waals surface area contributed by atoms with E-state index in [1.807, 2.05) is 63.0 Å². The van der Waals surface area contributed by atoms with Crippen LogP contribution in [0.4, 0.5) is 11.5 Å². The van der Waals surface area contributed by atoms with E-state index in [2.05, 4.69) is 20.3 Å². The van der Waals surface area contributed by atoms with Crippen molar-refractivity contribution in [1.82, 2.24) is 24.6 Å². The van der Waals surface area contributed by atoms with E-state index in [1.165, 1.54) is 0 Å². The first-order chi connectivity index (χ1) is 11.9. The maximum Gasteiger partial charge on any atom is 0.178 e. The van der Waals surface area contributed by atoms with E-state index in [-0.39, 0.29) is 0 Å². The van der Waals surface area contributed by atoms with Gasteiger partial charge in [0.2, 0.25) is 0 Å². The van der Waals surface area contributed by atoms with Crippen LogP contribution in [0.2, 0.25) is 5.02 Å². The molecule has 0 fully saturated rings. The van der Waals surface area contributed by atoms with Crippen LogP contribution in [-0.4, -0.2) is 38.7 Å². The largest absolute Gasteiger partial charge is 0.339 e. The molecule has 0 saturated carbocycles. The second kappa shape index (κ2) is 7.21. The highest BCUT2D eigenvalue weighted by atomic mass is 35.5. The minimum atomic E-state index is 0.660. The van der Waals surface area contributed by atoms with Crippen molar-refractivity contribution in [3.63, 3.8) is 0 Å². The topological polar surface area (TPSA) is 58.9 Å². The molecule has 0 aliphatic heterocycles. The average molecular weight is 357 g/mol. The monoisotopic (exact) mass is 356 g/mol. The Morgan fingerprint density at radius 3 is 2.48 bits per heavy atom. The van der Waals surface area contributed by atoms with Crippen molar-refractivity contribution in [3.05, 3.63) is 58.6 Å². The highest BCUT2D eigenvalue weighted by Crippen LogP contribution is 2.21. The van der Waals surface area contributed by atoms with Gasteiger partial charge in [0.05, 0.1) is 17.6 Å². The van der Waals surface area contributed by atoms with Gasteiger partial charge in [-0.05, 0) is 58.3 Å². The van der Waals surface area contributed by atoms with E-state index in [1.54, 1.807) is 6.20 Å². The standard InChI is InChI=1S/C18H21ClN6/c1-12-9-13(2)25(23-12)18-16(11-24(3)4)20-10-17(22-18)21-15-7-5-14(19)6-8-15/h5-10H,11H2,1-4H3,(H,21,22). The van der Waals surface area contributed by atoms with Gasteiger partial charge in [-0.2, -0.15) is 5.10 Å². The molecule has 1 aromatic carbocycles. The molecule has 3 rings (SSSR count). The predicted molar refractivity (Wildman–Crippen MR) is 101 cm³/mol. The Hall–Kier alpha value is -2.44. The molecule has 3 aromatic rings. The molecule has 6 nitrogen and oxygen atoms in total. The number of benzene rings is 1. The second-order valence-electron chi connectivity index (χ2n) is 6.23. The number of nitrogens with one attached hydrogen (secondary N) is 1. The van der Waals surface area contributed by atoms with Crippen LogP contribution < -0.4 is 5.32 Å². The summed E-state index contributed by atoms with van der Waals surface area (Å²) in [6, 6.07) is 9.50. The number of hydrogen-bond acceptors (Lipinski definition) is 5. The van der Waals surface area contributed by atoms with Crippen molar-refractivity contribution >= 4 is 23.1 Å². The van der Waals surface area contributed by atoms with E-state index in [4.69, 9.17) is 16.6 Å². The fraction of sp³-hybridized carbons (Fsp3) is 0.278. The van der Waals surface area contributed by atoms with Crippen molar-refractivity contribution in [3.8, 4) is 5.82 Å². The van der Waals surface area contributed by atoms with Gasteiger partial charge in [0.25, 0.3) is 0 Å². The number of aromatic nitrogens is 4. The highest BCUT2D eigenvalue weighted by Gasteiger charge is 2.14. The number of rotatable bonds is 5. The molecule has 2 heterocycles. The van der Waals surface area contributed by atoms with E-state index in [0.29, 0.717) is 17.4 Å². The van der Waals surface area contributed by atoms with Gasteiger partial charge in [-0.3, -0.25) is 4.98 Å². The third kappa shape index (κ3) is 4.15. The molecule has 7 heteroatoms. The van der Waals surface area contributed by atoms with E-state index in [0.717, 1.165) is 28.6 Å². The minimum absolute atomic E-state index is 0.660. The number of nitrogens with zero attached hydrogens (tertiary/aromatic N) is 5. The van der Waals surface area contributed by atoms with Crippen molar-refractivity contribution in [2.45, 2.75) is 20.4 Å². The maximum absolute atomic E-state index is 5.94. The zero-order valence-electron chi connectivity index (χ0n) is 14.8. The number of hydrogen-bond donors (Lipinski definition) is 1. The van der Waals surface area contributed by atoms with Crippen molar-refractivity contribution < 1.29 is 0 Å². The van der Waals surface area contributed by atoms with Gasteiger partial charge in [0.15, 0.2) is 11.6 Å². The SMILES string of the molecule is Cc1cc(C)n(-c2nc(Nc3ccc(Cl)cc3)cnc2CN(C)C)n1. The van der Waals surface area contributed by atoms with Crippen molar-refractivity contribution in [2.75, 3.05) is 19.4 Å². The Bertz CT molecular complexity index is 870. The molecule has 130 valence electrons. The van der Waals surface area contributed by atoms with Gasteiger partial charge in [-0.15, -0.1) is 0 Å². The van der Waals surface area contributed by atoms with Crippen molar-refractivity contribution in [1.29, 1.82) is 0 Å². The lowest BCUT2D eigenvalue weighted by molar-refractivity contribution is 0.395. The molecule has 0 saturated heterocycles. The van der Waals surface area contributed by atoms with Crippen LogP contribution in [0, 0.1) is 13.8 Å². The molecular formula is C18H21ClN6. The number of halogens is 1. The van der Waals surface area contributed by atoms with Gasteiger partial charge in [0, 0.05) is 22.9 Å². The smallest absolute Gasteiger partial charge is 0.178 e. The Kier molecular flexibility index (Phi) is 5.01. The van der Waals surface area contributed by atoms with Gasteiger partial charge in [-0.25, -0.2) is 9.67 Å². The molecule has 0 radical (unpaired) electrons. The number of aryl methyl sites for hydroxylation is 2. The Balaban J connectivity index is 2.00. The zero-order valence-corrected chi connectivity index (χ0v) is 15.5. The molecule has 2 aromatic heterocycles. The third-order valence-corrected chi connectivity index (χ3v) is 3.87. The van der Waals surface area contributed by atoms with Crippen LogP contribution in [0.1, 0.15) is 17.1 Å². The van der Waals surface area contributed by atoms with E-state index in [9.17, 15) is 0 Å². The lowest BCUT2D eigenvalue weighted by Gasteiger charge is -2.15. The predicted octanol–water partition coefficient (Wildman–Crippen LogP) is 3.74. The maximum atomic E-state index is 5.94. The highest BCUT2D eigenvalue weighted by molar-refractivity contribution is 6.30. The molecule has 1 N–H and O–H groups in total. The minimum Gasteiger partial charge on any atom is -0.339 e. The molecule has 0 aliphatic rings. The molecule has 25 heavy (non-hydrogen) atoms. The first-order valence-electron chi connectivity index (χ1n) is 7.99. The average Bonchev–Trinajstić information content (AvgIpc) is 2.89.